The molecule has 0 bridgehead atoms. The van der Waals surface area contributed by atoms with Crippen molar-refractivity contribution in [1.82, 2.24) is 15.1 Å². The number of thioether (sulfide) groups is 1. The van der Waals surface area contributed by atoms with Crippen molar-refractivity contribution in [3.05, 3.63) is 12.1 Å². The Balaban J connectivity index is 1.90. The first-order valence-corrected chi connectivity index (χ1v) is 8.87. The highest BCUT2D eigenvalue weighted by Crippen LogP contribution is 2.16. The van der Waals surface area contributed by atoms with E-state index >= 15 is 0 Å². The summed E-state index contributed by atoms with van der Waals surface area (Å²) in [6, 6.07) is 3.97. The average molecular weight is 324 g/mol. The smallest absolute Gasteiger partial charge is 0.409 e. The first-order valence-electron chi connectivity index (χ1n) is 7.64. The molecule has 7 heteroatoms. The quantitative estimate of drug-likeness (QED) is 0.793. The first-order chi connectivity index (χ1) is 10.6. The minimum absolute atomic E-state index is 0.209. The van der Waals surface area contributed by atoms with Gasteiger partial charge in [-0.2, -0.15) is 0 Å². The van der Waals surface area contributed by atoms with E-state index in [2.05, 4.69) is 15.1 Å². The van der Waals surface area contributed by atoms with Crippen molar-refractivity contribution < 1.29 is 9.53 Å². The van der Waals surface area contributed by atoms with Crippen molar-refractivity contribution in [2.24, 2.45) is 5.92 Å². The lowest BCUT2D eigenvalue weighted by Crippen LogP contribution is -2.36. The van der Waals surface area contributed by atoms with E-state index in [1.54, 1.807) is 16.7 Å². The third-order valence-corrected chi connectivity index (χ3v) is 4.09. The molecule has 0 N–H and O–H groups in total. The lowest BCUT2D eigenvalue weighted by molar-refractivity contribution is 0.0943. The Morgan fingerprint density at radius 2 is 2.09 bits per heavy atom. The third kappa shape index (κ3) is 4.76. The maximum atomic E-state index is 12.0. The van der Waals surface area contributed by atoms with E-state index in [4.69, 9.17) is 4.74 Å². The summed E-state index contributed by atoms with van der Waals surface area (Å²) < 4.78 is 5.31. The predicted octanol–water partition coefficient (Wildman–Crippen LogP) is 2.50. The van der Waals surface area contributed by atoms with Crippen LogP contribution in [-0.2, 0) is 4.74 Å². The number of rotatable bonds is 4. The fourth-order valence-electron chi connectivity index (χ4n) is 2.25. The number of aromatic nitrogens is 2. The number of nitrogens with zero attached hydrogens (tertiary/aromatic N) is 4. The average Bonchev–Trinajstić information content (AvgIpc) is 2.78. The van der Waals surface area contributed by atoms with Gasteiger partial charge in [0.15, 0.2) is 5.82 Å². The van der Waals surface area contributed by atoms with E-state index in [1.165, 1.54) is 0 Å². The van der Waals surface area contributed by atoms with Gasteiger partial charge in [0.05, 0.1) is 6.61 Å². The fourth-order valence-corrected chi connectivity index (χ4v) is 2.58. The lowest BCUT2D eigenvalue weighted by atomic mass is 10.2. The molecule has 22 heavy (non-hydrogen) atoms. The van der Waals surface area contributed by atoms with Crippen LogP contribution >= 0.6 is 11.8 Å². The topological polar surface area (TPSA) is 58.6 Å². The number of anilines is 1. The molecule has 1 aromatic heterocycles. The van der Waals surface area contributed by atoms with Crippen molar-refractivity contribution in [2.45, 2.75) is 25.3 Å². The molecule has 0 spiro atoms. The predicted molar refractivity (Wildman–Crippen MR) is 88.4 cm³/mol. The standard InChI is InChI=1S/C15H24N4O2S/c1-12(2)11-21-15(20)19-8-4-7-18(9-10-19)13-5-6-14(22-3)17-16-13/h5-6,12H,4,7-11H2,1-3H3. The second kappa shape index (κ2) is 8.22. The molecule has 0 aromatic carbocycles. The van der Waals surface area contributed by atoms with Crippen molar-refractivity contribution in [3.63, 3.8) is 0 Å². The van der Waals surface area contributed by atoms with Gasteiger partial charge >= 0.3 is 6.09 Å². The molecule has 1 amide bonds. The van der Waals surface area contributed by atoms with Crippen molar-refractivity contribution in [3.8, 4) is 0 Å². The molecule has 1 aromatic rings. The minimum Gasteiger partial charge on any atom is -0.449 e. The molecular formula is C15H24N4O2S. The maximum absolute atomic E-state index is 12.0. The van der Waals surface area contributed by atoms with Crippen LogP contribution in [0.5, 0.6) is 0 Å². The molecule has 0 aliphatic carbocycles. The van der Waals surface area contributed by atoms with Crippen LogP contribution in [0.2, 0.25) is 0 Å². The molecule has 1 saturated heterocycles. The fraction of sp³-hybridized carbons (Fsp3) is 0.667. The summed E-state index contributed by atoms with van der Waals surface area (Å²) >= 11 is 1.58. The largest absolute Gasteiger partial charge is 0.449 e. The van der Waals surface area contributed by atoms with Crippen LogP contribution in [0.4, 0.5) is 10.6 Å². The van der Waals surface area contributed by atoms with Crippen LogP contribution in [0, 0.1) is 5.92 Å². The summed E-state index contributed by atoms with van der Waals surface area (Å²) in [5.41, 5.74) is 0. The first kappa shape index (κ1) is 16.9. The molecule has 1 fully saturated rings. The monoisotopic (exact) mass is 324 g/mol. The van der Waals surface area contributed by atoms with E-state index in [1.807, 2.05) is 32.2 Å². The van der Waals surface area contributed by atoms with Gasteiger partial charge in [-0.15, -0.1) is 22.0 Å². The Hall–Kier alpha value is -1.50. The highest BCUT2D eigenvalue weighted by atomic mass is 32.2. The van der Waals surface area contributed by atoms with E-state index in [-0.39, 0.29) is 6.09 Å². The molecule has 2 heterocycles. The third-order valence-electron chi connectivity index (χ3n) is 3.45. The van der Waals surface area contributed by atoms with E-state index in [9.17, 15) is 4.79 Å². The zero-order chi connectivity index (χ0) is 15.9. The second-order valence-electron chi connectivity index (χ2n) is 5.73. The molecule has 0 unspecified atom stereocenters. The number of hydrogen-bond donors (Lipinski definition) is 0. The Morgan fingerprint density at radius 3 is 2.73 bits per heavy atom. The Kier molecular flexibility index (Phi) is 6.30. The summed E-state index contributed by atoms with van der Waals surface area (Å²) in [6.07, 6.45) is 2.68. The van der Waals surface area contributed by atoms with Crippen molar-refractivity contribution >= 4 is 23.7 Å². The summed E-state index contributed by atoms with van der Waals surface area (Å²) in [6.45, 7) is 7.56. The summed E-state index contributed by atoms with van der Waals surface area (Å²) in [7, 11) is 0. The van der Waals surface area contributed by atoms with Crippen molar-refractivity contribution in [1.29, 1.82) is 0 Å². The molecule has 1 aliphatic heterocycles. The normalized spacial score (nSPS) is 15.8. The van der Waals surface area contributed by atoms with Gasteiger partial charge < -0.3 is 14.5 Å². The van der Waals surface area contributed by atoms with Crippen LogP contribution in [0.15, 0.2) is 17.2 Å². The van der Waals surface area contributed by atoms with Gasteiger partial charge in [-0.25, -0.2) is 4.79 Å². The van der Waals surface area contributed by atoms with Crippen LogP contribution in [-0.4, -0.2) is 60.2 Å². The number of hydrogen-bond acceptors (Lipinski definition) is 6. The highest BCUT2D eigenvalue weighted by Gasteiger charge is 2.21. The molecule has 0 saturated carbocycles. The SMILES string of the molecule is CSc1ccc(N2CCCN(C(=O)OCC(C)C)CC2)nn1. The van der Waals surface area contributed by atoms with E-state index in [0.717, 1.165) is 36.9 Å². The molecule has 2 rings (SSSR count). The minimum atomic E-state index is -0.209. The van der Waals surface area contributed by atoms with Gasteiger partial charge in [-0.3, -0.25) is 0 Å². The summed E-state index contributed by atoms with van der Waals surface area (Å²) in [5.74, 6) is 1.23. The van der Waals surface area contributed by atoms with Gasteiger partial charge in [-0.05, 0) is 30.7 Å². The van der Waals surface area contributed by atoms with Gasteiger partial charge in [0.2, 0.25) is 0 Å². The molecule has 122 valence electrons. The number of carbonyl (C=O) groups excluding carboxylic acids is 1. The van der Waals surface area contributed by atoms with Crippen LogP contribution < -0.4 is 4.90 Å². The summed E-state index contributed by atoms with van der Waals surface area (Å²) in [4.78, 5) is 16.0. The second-order valence-corrected chi connectivity index (χ2v) is 6.56. The van der Waals surface area contributed by atoms with Gasteiger partial charge in [-0.1, -0.05) is 13.8 Å². The maximum Gasteiger partial charge on any atom is 0.409 e. The van der Waals surface area contributed by atoms with Crippen LogP contribution in [0.25, 0.3) is 0 Å². The molecule has 0 atom stereocenters. The Bertz CT molecular complexity index is 481. The van der Waals surface area contributed by atoms with Gasteiger partial charge in [0.1, 0.15) is 5.03 Å². The van der Waals surface area contributed by atoms with E-state index < -0.39 is 0 Å². The molecule has 0 radical (unpaired) electrons. The van der Waals surface area contributed by atoms with Gasteiger partial charge in [0, 0.05) is 26.2 Å². The zero-order valence-corrected chi connectivity index (χ0v) is 14.3. The van der Waals surface area contributed by atoms with Crippen molar-refractivity contribution in [2.75, 3.05) is 43.9 Å². The van der Waals surface area contributed by atoms with E-state index in [0.29, 0.717) is 19.1 Å². The molecule has 6 nitrogen and oxygen atoms in total. The summed E-state index contributed by atoms with van der Waals surface area (Å²) in [5, 5.41) is 9.35. The lowest BCUT2D eigenvalue weighted by Gasteiger charge is -2.22. The molecular weight excluding hydrogens is 300 g/mol. The Labute approximate surface area is 136 Å². The Morgan fingerprint density at radius 1 is 1.27 bits per heavy atom. The van der Waals surface area contributed by atoms with Crippen LogP contribution in [0.3, 0.4) is 0 Å². The number of amides is 1. The highest BCUT2D eigenvalue weighted by molar-refractivity contribution is 7.98. The van der Waals surface area contributed by atoms with Crippen LogP contribution in [0.1, 0.15) is 20.3 Å². The van der Waals surface area contributed by atoms with Gasteiger partial charge in [0.25, 0.3) is 0 Å². The zero-order valence-electron chi connectivity index (χ0n) is 13.5. The number of ether oxygens (including phenoxy) is 1. The molecule has 1 aliphatic rings. The number of carbonyl (C=O) groups is 1.